The van der Waals surface area contributed by atoms with E-state index >= 15 is 0 Å². The van der Waals surface area contributed by atoms with Crippen LogP contribution in [0.25, 0.3) is 0 Å². The number of rotatable bonds is 4. The van der Waals surface area contributed by atoms with E-state index in [2.05, 4.69) is 10.2 Å². The molecule has 0 radical (unpaired) electrons. The molecule has 1 fully saturated rings. The Morgan fingerprint density at radius 3 is 2.62 bits per heavy atom. The first kappa shape index (κ1) is 16.7. The highest BCUT2D eigenvalue weighted by Gasteiger charge is 2.30. The third-order valence-electron chi connectivity index (χ3n) is 4.56. The summed E-state index contributed by atoms with van der Waals surface area (Å²) < 4.78 is 27.1. The van der Waals surface area contributed by atoms with Gasteiger partial charge in [-0.3, -0.25) is 9.89 Å². The molecule has 1 aliphatic rings. The van der Waals surface area contributed by atoms with Crippen LogP contribution in [0.3, 0.4) is 0 Å². The first-order valence-electron chi connectivity index (χ1n) is 7.79. The molecule has 0 saturated carbocycles. The first-order valence-corrected chi connectivity index (χ1v) is 9.23. The Morgan fingerprint density at radius 2 is 2.04 bits per heavy atom. The Hall–Kier alpha value is -2.19. The number of piperidine rings is 1. The molecular formula is C16H20N4O3S. The molecule has 0 bridgehead atoms. The van der Waals surface area contributed by atoms with Crippen molar-refractivity contribution >= 4 is 15.9 Å². The summed E-state index contributed by atoms with van der Waals surface area (Å²) in [7, 11) is -3.62. The van der Waals surface area contributed by atoms with Gasteiger partial charge in [0.25, 0.3) is 0 Å². The maximum Gasteiger partial charge on any atom is 0.249 e. The average molecular weight is 348 g/mol. The van der Waals surface area contributed by atoms with Crippen LogP contribution in [0.5, 0.6) is 0 Å². The number of nitrogens with two attached hydrogens (primary N) is 1. The molecule has 1 amide bonds. The summed E-state index contributed by atoms with van der Waals surface area (Å²) in [6, 6.07) is 4.51. The van der Waals surface area contributed by atoms with Crippen LogP contribution in [-0.2, 0) is 10.0 Å². The number of primary amides is 1. The van der Waals surface area contributed by atoms with Crippen molar-refractivity contribution in [1.82, 2.24) is 14.5 Å². The molecule has 0 spiro atoms. The maximum absolute atomic E-state index is 12.8. The van der Waals surface area contributed by atoms with Crippen molar-refractivity contribution in [3.8, 4) is 0 Å². The van der Waals surface area contributed by atoms with Crippen molar-refractivity contribution in [2.24, 2.45) is 5.73 Å². The highest BCUT2D eigenvalue weighted by atomic mass is 32.2. The molecule has 2 aromatic rings. The predicted octanol–water partition coefficient (Wildman–Crippen LogP) is 1.39. The number of carbonyl (C=O) groups excluding carboxylic acids is 1. The predicted molar refractivity (Wildman–Crippen MR) is 89.0 cm³/mol. The van der Waals surface area contributed by atoms with Gasteiger partial charge in [-0.05, 0) is 48.9 Å². The summed E-state index contributed by atoms with van der Waals surface area (Å²) in [5.41, 5.74) is 7.34. The fourth-order valence-electron chi connectivity index (χ4n) is 3.09. The van der Waals surface area contributed by atoms with E-state index in [0.29, 0.717) is 24.6 Å². The molecule has 3 rings (SSSR count). The van der Waals surface area contributed by atoms with E-state index in [9.17, 15) is 13.2 Å². The maximum atomic E-state index is 12.8. The van der Waals surface area contributed by atoms with Crippen molar-refractivity contribution in [2.45, 2.75) is 30.6 Å². The highest BCUT2D eigenvalue weighted by Crippen LogP contribution is 2.30. The van der Waals surface area contributed by atoms with Crippen molar-refractivity contribution in [3.63, 3.8) is 0 Å². The molecule has 1 aromatic heterocycles. The number of hydrogen-bond acceptors (Lipinski definition) is 4. The van der Waals surface area contributed by atoms with Gasteiger partial charge in [-0.25, -0.2) is 8.42 Å². The minimum atomic E-state index is -3.62. The molecule has 2 heterocycles. The van der Waals surface area contributed by atoms with Gasteiger partial charge in [0.15, 0.2) is 0 Å². The van der Waals surface area contributed by atoms with E-state index in [0.717, 1.165) is 18.4 Å². The number of nitrogens with one attached hydrogen (secondary N) is 1. The van der Waals surface area contributed by atoms with Gasteiger partial charge in [0, 0.05) is 24.8 Å². The number of aromatic amines is 1. The van der Waals surface area contributed by atoms with E-state index in [-0.39, 0.29) is 10.5 Å². The van der Waals surface area contributed by atoms with Crippen molar-refractivity contribution in [1.29, 1.82) is 0 Å². The Bertz CT molecular complexity index is 838. The second kappa shape index (κ2) is 6.37. The average Bonchev–Trinajstić information content (AvgIpc) is 3.09. The monoisotopic (exact) mass is 348 g/mol. The zero-order chi connectivity index (χ0) is 17.3. The Labute approximate surface area is 140 Å². The van der Waals surface area contributed by atoms with Gasteiger partial charge in [-0.2, -0.15) is 9.40 Å². The summed E-state index contributed by atoms with van der Waals surface area (Å²) in [4.78, 5) is 11.6. The normalized spacial score (nSPS) is 17.0. The largest absolute Gasteiger partial charge is 0.366 e. The smallest absolute Gasteiger partial charge is 0.249 e. The molecule has 24 heavy (non-hydrogen) atoms. The van der Waals surface area contributed by atoms with Gasteiger partial charge in [0.05, 0.1) is 11.1 Å². The lowest BCUT2D eigenvalue weighted by molar-refractivity contribution is 0.0999. The summed E-state index contributed by atoms with van der Waals surface area (Å²) in [5.74, 6) is -0.308. The lowest BCUT2D eigenvalue weighted by atomic mass is 9.93. The van der Waals surface area contributed by atoms with Crippen LogP contribution in [0.2, 0.25) is 0 Å². The van der Waals surface area contributed by atoms with Crippen molar-refractivity contribution in [2.75, 3.05) is 13.1 Å². The zero-order valence-electron chi connectivity index (χ0n) is 13.4. The summed E-state index contributed by atoms with van der Waals surface area (Å²) >= 11 is 0. The Kier molecular flexibility index (Phi) is 4.42. The van der Waals surface area contributed by atoms with Gasteiger partial charge in [-0.15, -0.1) is 0 Å². The fraction of sp³-hybridized carbons (Fsp3) is 0.375. The topological polar surface area (TPSA) is 109 Å². The third-order valence-corrected chi connectivity index (χ3v) is 6.45. The van der Waals surface area contributed by atoms with E-state index in [1.54, 1.807) is 19.2 Å². The molecule has 1 aromatic carbocycles. The van der Waals surface area contributed by atoms with Crippen LogP contribution in [0.4, 0.5) is 0 Å². The number of aromatic nitrogens is 2. The number of hydrogen-bond donors (Lipinski definition) is 2. The SMILES string of the molecule is Cc1ccc(S(=O)(=O)N2CCC(c3cn[nH]c3)CC2)cc1C(N)=O. The standard InChI is InChI=1S/C16H20N4O3S/c1-11-2-3-14(8-15(11)16(17)21)24(22,23)20-6-4-12(5-7-20)13-9-18-19-10-13/h2-3,8-10,12H,4-7H2,1H3,(H2,17,21)(H,18,19). The van der Waals surface area contributed by atoms with Gasteiger partial charge in [0.2, 0.25) is 15.9 Å². The number of amides is 1. The number of nitrogens with zero attached hydrogens (tertiary/aromatic N) is 2. The van der Waals surface area contributed by atoms with E-state index in [1.165, 1.54) is 16.4 Å². The van der Waals surface area contributed by atoms with Gasteiger partial charge in [0.1, 0.15) is 0 Å². The molecular weight excluding hydrogens is 328 g/mol. The Morgan fingerprint density at radius 1 is 1.33 bits per heavy atom. The molecule has 0 unspecified atom stereocenters. The molecule has 128 valence electrons. The van der Waals surface area contributed by atoms with Crippen LogP contribution in [0.1, 0.15) is 40.2 Å². The fourth-order valence-corrected chi connectivity index (χ4v) is 4.59. The van der Waals surface area contributed by atoms with E-state index in [1.807, 2.05) is 6.20 Å². The molecule has 7 nitrogen and oxygen atoms in total. The molecule has 0 aliphatic carbocycles. The minimum Gasteiger partial charge on any atom is -0.366 e. The van der Waals surface area contributed by atoms with Gasteiger partial charge < -0.3 is 5.73 Å². The van der Waals surface area contributed by atoms with Crippen molar-refractivity contribution < 1.29 is 13.2 Å². The number of carbonyl (C=O) groups is 1. The second-order valence-electron chi connectivity index (χ2n) is 6.05. The van der Waals surface area contributed by atoms with Crippen LogP contribution >= 0.6 is 0 Å². The van der Waals surface area contributed by atoms with Crippen LogP contribution in [0.15, 0.2) is 35.5 Å². The number of benzene rings is 1. The van der Waals surface area contributed by atoms with Gasteiger partial charge >= 0.3 is 0 Å². The molecule has 1 aliphatic heterocycles. The quantitative estimate of drug-likeness (QED) is 0.870. The molecule has 1 saturated heterocycles. The lowest BCUT2D eigenvalue weighted by Crippen LogP contribution is -2.38. The highest BCUT2D eigenvalue weighted by molar-refractivity contribution is 7.89. The summed E-state index contributed by atoms with van der Waals surface area (Å²) in [6.45, 7) is 2.61. The zero-order valence-corrected chi connectivity index (χ0v) is 14.2. The third kappa shape index (κ3) is 3.07. The van der Waals surface area contributed by atoms with Crippen LogP contribution in [0, 0.1) is 6.92 Å². The minimum absolute atomic E-state index is 0.115. The van der Waals surface area contributed by atoms with E-state index in [4.69, 9.17) is 5.73 Å². The molecule has 8 heteroatoms. The lowest BCUT2D eigenvalue weighted by Gasteiger charge is -2.30. The van der Waals surface area contributed by atoms with Crippen LogP contribution < -0.4 is 5.73 Å². The number of aryl methyl sites for hydroxylation is 1. The Balaban J connectivity index is 1.79. The number of H-pyrrole nitrogens is 1. The number of sulfonamides is 1. The van der Waals surface area contributed by atoms with E-state index < -0.39 is 15.9 Å². The molecule has 3 N–H and O–H groups in total. The van der Waals surface area contributed by atoms with Crippen molar-refractivity contribution in [3.05, 3.63) is 47.3 Å². The first-order chi connectivity index (χ1) is 11.4. The summed E-state index contributed by atoms with van der Waals surface area (Å²) in [5, 5.41) is 6.74. The van der Waals surface area contributed by atoms with Gasteiger partial charge in [-0.1, -0.05) is 6.07 Å². The molecule has 0 atom stereocenters. The second-order valence-corrected chi connectivity index (χ2v) is 7.99. The van der Waals surface area contributed by atoms with Crippen LogP contribution in [-0.4, -0.2) is 41.9 Å². The summed E-state index contributed by atoms with van der Waals surface area (Å²) in [6.07, 6.45) is 5.13.